The molecular weight excluding hydrogens is 260 g/mol. The predicted molar refractivity (Wildman–Crippen MR) is 84.3 cm³/mol. The van der Waals surface area contributed by atoms with Gasteiger partial charge >= 0.3 is 0 Å². The molecule has 1 atom stereocenters. The summed E-state index contributed by atoms with van der Waals surface area (Å²) < 4.78 is 5.37. The Morgan fingerprint density at radius 3 is 2.76 bits per heavy atom. The van der Waals surface area contributed by atoms with Crippen LogP contribution >= 0.6 is 0 Å². The van der Waals surface area contributed by atoms with E-state index in [0.29, 0.717) is 6.04 Å². The van der Waals surface area contributed by atoms with Crippen LogP contribution in [-0.4, -0.2) is 16.6 Å². The highest BCUT2D eigenvalue weighted by molar-refractivity contribution is 5.31. The number of likely N-dealkylation sites (tertiary alicyclic amines) is 1. The van der Waals surface area contributed by atoms with Crippen molar-refractivity contribution in [1.29, 1.82) is 0 Å². The molecular formula is C18H24N2O. The smallest absolute Gasteiger partial charge is 0.138 e. The molecule has 0 bridgehead atoms. The summed E-state index contributed by atoms with van der Waals surface area (Å²) in [5.74, 6) is 0.977. The largest absolute Gasteiger partial charge is 0.361 e. The second-order valence-corrected chi connectivity index (χ2v) is 6.30. The van der Waals surface area contributed by atoms with Gasteiger partial charge in [-0.1, -0.05) is 28.9 Å². The second-order valence-electron chi connectivity index (χ2n) is 6.30. The molecule has 1 fully saturated rings. The van der Waals surface area contributed by atoms with Crippen LogP contribution in [0.3, 0.4) is 0 Å². The van der Waals surface area contributed by atoms with Gasteiger partial charge < -0.3 is 4.52 Å². The zero-order valence-electron chi connectivity index (χ0n) is 13.4. The fourth-order valence-corrected chi connectivity index (χ4v) is 3.50. The number of aromatic nitrogens is 1. The zero-order valence-corrected chi connectivity index (χ0v) is 13.4. The maximum Gasteiger partial charge on any atom is 0.138 e. The van der Waals surface area contributed by atoms with Gasteiger partial charge in [-0.3, -0.25) is 4.90 Å². The summed E-state index contributed by atoms with van der Waals surface area (Å²) in [4.78, 5) is 2.58. The van der Waals surface area contributed by atoms with Gasteiger partial charge in [-0.2, -0.15) is 0 Å². The summed E-state index contributed by atoms with van der Waals surface area (Å²) in [5.41, 5.74) is 6.51. The molecule has 2 heterocycles. The van der Waals surface area contributed by atoms with Crippen molar-refractivity contribution < 1.29 is 4.52 Å². The summed E-state index contributed by atoms with van der Waals surface area (Å²) in [7, 11) is 0. The van der Waals surface area contributed by atoms with Gasteiger partial charge in [-0.25, -0.2) is 0 Å². The van der Waals surface area contributed by atoms with E-state index in [9.17, 15) is 0 Å². The Bertz CT molecular complexity index is 625. The zero-order chi connectivity index (χ0) is 15.0. The van der Waals surface area contributed by atoms with Crippen LogP contribution in [0.1, 0.15) is 52.6 Å². The van der Waals surface area contributed by atoms with Gasteiger partial charge in [0.1, 0.15) is 5.76 Å². The van der Waals surface area contributed by atoms with Gasteiger partial charge in [-0.15, -0.1) is 0 Å². The minimum Gasteiger partial charge on any atom is -0.361 e. The molecule has 3 rings (SSSR count). The standard InChI is InChI=1S/C18H24N2O/c1-12-7-8-13(2)16(10-12)11-20-9-5-6-17(20)18-14(3)19-21-15(18)4/h7-8,10,17H,5-6,9,11H2,1-4H3. The molecule has 1 saturated heterocycles. The third-order valence-corrected chi connectivity index (χ3v) is 4.66. The summed E-state index contributed by atoms with van der Waals surface area (Å²) in [6, 6.07) is 7.19. The Balaban J connectivity index is 1.86. The van der Waals surface area contributed by atoms with E-state index >= 15 is 0 Å². The first-order valence-electron chi connectivity index (χ1n) is 7.79. The third kappa shape index (κ3) is 2.75. The van der Waals surface area contributed by atoms with E-state index in [4.69, 9.17) is 4.52 Å². The molecule has 112 valence electrons. The highest BCUT2D eigenvalue weighted by Gasteiger charge is 2.30. The van der Waals surface area contributed by atoms with Crippen molar-refractivity contribution in [3.63, 3.8) is 0 Å². The van der Waals surface area contributed by atoms with Crippen LogP contribution in [-0.2, 0) is 6.54 Å². The lowest BCUT2D eigenvalue weighted by atomic mass is 10.0. The third-order valence-electron chi connectivity index (χ3n) is 4.66. The Hall–Kier alpha value is -1.61. The second kappa shape index (κ2) is 5.64. The molecule has 3 nitrogen and oxygen atoms in total. The molecule has 1 aliphatic rings. The number of aryl methyl sites for hydroxylation is 4. The highest BCUT2D eigenvalue weighted by atomic mass is 16.5. The van der Waals surface area contributed by atoms with Gasteiger partial charge in [0.05, 0.1) is 5.69 Å². The molecule has 1 aliphatic heterocycles. The Morgan fingerprint density at radius 2 is 2.05 bits per heavy atom. The van der Waals surface area contributed by atoms with Gasteiger partial charge in [0, 0.05) is 18.2 Å². The Kier molecular flexibility index (Phi) is 3.85. The maximum absolute atomic E-state index is 5.37. The lowest BCUT2D eigenvalue weighted by molar-refractivity contribution is 0.245. The van der Waals surface area contributed by atoms with Crippen LogP contribution in [0.5, 0.6) is 0 Å². The molecule has 1 aromatic carbocycles. The number of nitrogens with zero attached hydrogens (tertiary/aromatic N) is 2. The fraction of sp³-hybridized carbons (Fsp3) is 0.500. The number of hydrogen-bond donors (Lipinski definition) is 0. The van der Waals surface area contributed by atoms with E-state index in [1.54, 1.807) is 0 Å². The van der Waals surface area contributed by atoms with E-state index in [0.717, 1.165) is 24.5 Å². The first kappa shape index (κ1) is 14.3. The molecule has 0 aliphatic carbocycles. The van der Waals surface area contributed by atoms with Crippen molar-refractivity contribution in [2.24, 2.45) is 0 Å². The van der Waals surface area contributed by atoms with Gasteiger partial charge in [0.2, 0.25) is 0 Å². The molecule has 1 unspecified atom stereocenters. The molecule has 0 spiro atoms. The Labute approximate surface area is 126 Å². The maximum atomic E-state index is 5.37. The van der Waals surface area contributed by atoms with Gasteiger partial charge in [0.15, 0.2) is 0 Å². The summed E-state index contributed by atoms with van der Waals surface area (Å²) >= 11 is 0. The molecule has 21 heavy (non-hydrogen) atoms. The van der Waals surface area contributed by atoms with Crippen LogP contribution in [0.4, 0.5) is 0 Å². The van der Waals surface area contributed by atoms with E-state index < -0.39 is 0 Å². The first-order chi connectivity index (χ1) is 10.1. The summed E-state index contributed by atoms with van der Waals surface area (Å²) in [6.07, 6.45) is 2.45. The van der Waals surface area contributed by atoms with E-state index in [2.05, 4.69) is 49.0 Å². The first-order valence-corrected chi connectivity index (χ1v) is 7.79. The van der Waals surface area contributed by atoms with Gasteiger partial charge in [0.25, 0.3) is 0 Å². The van der Waals surface area contributed by atoms with E-state index in [1.807, 2.05) is 6.92 Å². The topological polar surface area (TPSA) is 29.3 Å². The normalized spacial score (nSPS) is 19.3. The van der Waals surface area contributed by atoms with E-state index in [-0.39, 0.29) is 0 Å². The van der Waals surface area contributed by atoms with Crippen LogP contribution in [0.25, 0.3) is 0 Å². The minimum atomic E-state index is 0.455. The lowest BCUT2D eigenvalue weighted by Crippen LogP contribution is -2.24. The highest BCUT2D eigenvalue weighted by Crippen LogP contribution is 2.36. The monoisotopic (exact) mass is 284 g/mol. The Morgan fingerprint density at radius 1 is 1.24 bits per heavy atom. The van der Waals surface area contributed by atoms with Crippen LogP contribution in [0.2, 0.25) is 0 Å². The van der Waals surface area contributed by atoms with Crippen LogP contribution in [0.15, 0.2) is 22.7 Å². The predicted octanol–water partition coefficient (Wildman–Crippen LogP) is 4.25. The van der Waals surface area contributed by atoms with Gasteiger partial charge in [-0.05, 0) is 58.2 Å². The molecule has 0 radical (unpaired) electrons. The molecule has 1 aromatic heterocycles. The fourth-order valence-electron chi connectivity index (χ4n) is 3.50. The average molecular weight is 284 g/mol. The lowest BCUT2D eigenvalue weighted by Gasteiger charge is -2.25. The number of hydrogen-bond acceptors (Lipinski definition) is 3. The SMILES string of the molecule is Cc1ccc(C)c(CN2CCCC2c2c(C)noc2C)c1. The molecule has 0 N–H and O–H groups in total. The van der Waals surface area contributed by atoms with Crippen molar-refractivity contribution in [2.75, 3.05) is 6.54 Å². The molecule has 0 amide bonds. The quantitative estimate of drug-likeness (QED) is 0.844. The van der Waals surface area contributed by atoms with Crippen molar-refractivity contribution >= 4 is 0 Å². The minimum absolute atomic E-state index is 0.455. The number of benzene rings is 1. The van der Waals surface area contributed by atoms with Crippen LogP contribution < -0.4 is 0 Å². The average Bonchev–Trinajstić information content (AvgIpc) is 3.01. The molecule has 3 heteroatoms. The van der Waals surface area contributed by atoms with Crippen molar-refractivity contribution in [2.45, 2.75) is 53.1 Å². The van der Waals surface area contributed by atoms with Crippen molar-refractivity contribution in [1.82, 2.24) is 10.1 Å². The van der Waals surface area contributed by atoms with Crippen LogP contribution in [0, 0.1) is 27.7 Å². The summed E-state index contributed by atoms with van der Waals surface area (Å²) in [6.45, 7) is 10.6. The van der Waals surface area contributed by atoms with Crippen molar-refractivity contribution in [3.8, 4) is 0 Å². The van der Waals surface area contributed by atoms with E-state index in [1.165, 1.54) is 35.1 Å². The van der Waals surface area contributed by atoms with Crippen molar-refractivity contribution in [3.05, 3.63) is 51.9 Å². The number of rotatable bonds is 3. The molecule has 0 saturated carbocycles. The summed E-state index contributed by atoms with van der Waals surface area (Å²) in [5, 5.41) is 4.13. The molecule has 2 aromatic rings.